The highest BCUT2D eigenvalue weighted by Gasteiger charge is 2.36. The zero-order valence-corrected chi connectivity index (χ0v) is 14.1. The average Bonchev–Trinajstić information content (AvgIpc) is 2.47. The molecule has 0 amide bonds. The first kappa shape index (κ1) is 16.8. The number of hydrogen-bond acceptors (Lipinski definition) is 4. The van der Waals surface area contributed by atoms with Crippen LogP contribution in [0.4, 0.5) is 4.39 Å². The monoisotopic (exact) mass is 359 g/mol. The minimum atomic E-state index is -0.240. The molecule has 1 saturated heterocycles. The highest BCUT2D eigenvalue weighted by molar-refractivity contribution is 9.10. The van der Waals surface area contributed by atoms with Crippen molar-refractivity contribution in [1.82, 2.24) is 10.3 Å². The van der Waals surface area contributed by atoms with Gasteiger partial charge in [-0.3, -0.25) is 16.2 Å². The molecule has 2 rings (SSSR count). The molecule has 0 saturated carbocycles. The molecule has 1 aliphatic rings. The molecule has 1 unspecified atom stereocenters. The van der Waals surface area contributed by atoms with Gasteiger partial charge in [0.2, 0.25) is 0 Å². The van der Waals surface area contributed by atoms with Gasteiger partial charge in [-0.15, -0.1) is 0 Å². The van der Waals surface area contributed by atoms with E-state index in [2.05, 4.69) is 40.1 Å². The lowest BCUT2D eigenvalue weighted by Gasteiger charge is -2.45. The smallest absolute Gasteiger partial charge is 0.124 e. The van der Waals surface area contributed by atoms with Crippen LogP contribution in [0.15, 0.2) is 22.7 Å². The fourth-order valence-corrected chi connectivity index (χ4v) is 3.29. The van der Waals surface area contributed by atoms with E-state index in [1.165, 1.54) is 12.1 Å². The predicted molar refractivity (Wildman–Crippen MR) is 85.4 cm³/mol. The summed E-state index contributed by atoms with van der Waals surface area (Å²) < 4.78 is 19.4. The van der Waals surface area contributed by atoms with Crippen LogP contribution in [0.5, 0.6) is 0 Å². The van der Waals surface area contributed by atoms with Crippen molar-refractivity contribution in [3.8, 4) is 0 Å². The van der Waals surface area contributed by atoms with Crippen molar-refractivity contribution in [2.45, 2.75) is 31.8 Å². The third-order valence-electron chi connectivity index (χ3n) is 4.32. The van der Waals surface area contributed by atoms with Crippen LogP contribution in [0.25, 0.3) is 0 Å². The number of benzene rings is 1. The topological polar surface area (TPSA) is 50.5 Å². The van der Waals surface area contributed by atoms with Crippen molar-refractivity contribution in [1.29, 1.82) is 0 Å². The third kappa shape index (κ3) is 4.02. The minimum Gasteiger partial charge on any atom is -0.379 e. The minimum absolute atomic E-state index is 0.0531. The summed E-state index contributed by atoms with van der Waals surface area (Å²) in [5.74, 6) is 5.56. The van der Waals surface area contributed by atoms with Gasteiger partial charge in [-0.05, 0) is 38.0 Å². The maximum atomic E-state index is 13.2. The molecule has 0 bridgehead atoms. The molecule has 1 atom stereocenters. The zero-order chi connectivity index (χ0) is 15.5. The number of ether oxygens (including phenoxy) is 1. The molecule has 1 heterocycles. The third-order valence-corrected chi connectivity index (χ3v) is 5.06. The summed E-state index contributed by atoms with van der Waals surface area (Å²) >= 11 is 3.43. The molecule has 1 aromatic carbocycles. The average molecular weight is 360 g/mol. The van der Waals surface area contributed by atoms with Crippen molar-refractivity contribution < 1.29 is 9.13 Å². The Morgan fingerprint density at radius 2 is 2.10 bits per heavy atom. The fourth-order valence-electron chi connectivity index (χ4n) is 2.78. The molecule has 4 nitrogen and oxygen atoms in total. The molecule has 0 aromatic heterocycles. The Morgan fingerprint density at radius 3 is 2.67 bits per heavy atom. The molecule has 6 heteroatoms. The second-order valence-electron chi connectivity index (χ2n) is 5.91. The Kier molecular flexibility index (Phi) is 5.73. The Bertz CT molecular complexity index is 478. The van der Waals surface area contributed by atoms with E-state index in [0.29, 0.717) is 0 Å². The number of rotatable bonds is 5. The van der Waals surface area contributed by atoms with Crippen LogP contribution >= 0.6 is 15.9 Å². The van der Waals surface area contributed by atoms with Gasteiger partial charge in [0.05, 0.1) is 13.2 Å². The van der Waals surface area contributed by atoms with Gasteiger partial charge < -0.3 is 4.74 Å². The molecule has 1 fully saturated rings. The van der Waals surface area contributed by atoms with E-state index in [0.717, 1.165) is 42.8 Å². The van der Waals surface area contributed by atoms with Gasteiger partial charge in [-0.1, -0.05) is 22.0 Å². The van der Waals surface area contributed by atoms with Crippen LogP contribution in [0.2, 0.25) is 0 Å². The van der Waals surface area contributed by atoms with Crippen LogP contribution in [0.3, 0.4) is 0 Å². The number of halogens is 2. The van der Waals surface area contributed by atoms with E-state index < -0.39 is 0 Å². The largest absolute Gasteiger partial charge is 0.379 e. The number of nitrogens with two attached hydrogens (primary N) is 1. The Morgan fingerprint density at radius 1 is 1.43 bits per heavy atom. The van der Waals surface area contributed by atoms with E-state index in [1.54, 1.807) is 6.07 Å². The van der Waals surface area contributed by atoms with Gasteiger partial charge in [-0.25, -0.2) is 4.39 Å². The van der Waals surface area contributed by atoms with Crippen LogP contribution in [0.1, 0.15) is 19.4 Å². The summed E-state index contributed by atoms with van der Waals surface area (Å²) in [6.45, 7) is 7.66. The molecule has 1 aromatic rings. The molecule has 21 heavy (non-hydrogen) atoms. The first-order valence-electron chi connectivity index (χ1n) is 7.18. The number of morpholine rings is 1. The van der Waals surface area contributed by atoms with Gasteiger partial charge in [0.15, 0.2) is 0 Å². The summed E-state index contributed by atoms with van der Waals surface area (Å²) in [5, 5.41) is 0. The van der Waals surface area contributed by atoms with E-state index in [1.807, 2.05) is 0 Å². The van der Waals surface area contributed by atoms with Gasteiger partial charge in [0, 0.05) is 29.1 Å². The lowest BCUT2D eigenvalue weighted by atomic mass is 9.87. The molecule has 0 radical (unpaired) electrons. The molecule has 118 valence electrons. The SMILES string of the molecule is CC(C)(C(Cc1ccc(F)cc1Br)NN)N1CCOCC1. The fraction of sp³-hybridized carbons (Fsp3) is 0.600. The lowest BCUT2D eigenvalue weighted by molar-refractivity contribution is -0.0233. The van der Waals surface area contributed by atoms with E-state index in [-0.39, 0.29) is 17.4 Å². The standard InChI is InChI=1S/C15H23BrFN3O/c1-15(2,20-5-7-21-8-6-20)14(19-18)9-11-3-4-12(17)10-13(11)16/h3-4,10,14,19H,5-9,18H2,1-2H3. The Labute approximate surface area is 133 Å². The molecule has 1 aliphatic heterocycles. The first-order chi connectivity index (χ1) is 9.95. The van der Waals surface area contributed by atoms with Gasteiger partial charge >= 0.3 is 0 Å². The molecule has 0 spiro atoms. The number of nitrogens with zero attached hydrogens (tertiary/aromatic N) is 1. The molecular weight excluding hydrogens is 337 g/mol. The van der Waals surface area contributed by atoms with Gasteiger partial charge in [0.25, 0.3) is 0 Å². The lowest BCUT2D eigenvalue weighted by Crippen LogP contribution is -2.62. The first-order valence-corrected chi connectivity index (χ1v) is 7.97. The summed E-state index contributed by atoms with van der Waals surface area (Å²) in [6.07, 6.45) is 0.724. The summed E-state index contributed by atoms with van der Waals surface area (Å²) in [5.41, 5.74) is 3.86. The summed E-state index contributed by atoms with van der Waals surface area (Å²) in [6, 6.07) is 4.83. The quantitative estimate of drug-likeness (QED) is 0.624. The van der Waals surface area contributed by atoms with Crippen LogP contribution < -0.4 is 11.3 Å². The van der Waals surface area contributed by atoms with E-state index in [4.69, 9.17) is 10.6 Å². The van der Waals surface area contributed by atoms with Gasteiger partial charge in [-0.2, -0.15) is 0 Å². The summed E-state index contributed by atoms with van der Waals surface area (Å²) in [4.78, 5) is 2.39. The van der Waals surface area contributed by atoms with Crippen molar-refractivity contribution in [3.63, 3.8) is 0 Å². The number of hydrazine groups is 1. The van der Waals surface area contributed by atoms with Crippen molar-refractivity contribution >= 4 is 15.9 Å². The molecule has 3 N–H and O–H groups in total. The maximum absolute atomic E-state index is 13.2. The molecule has 0 aliphatic carbocycles. The van der Waals surface area contributed by atoms with Gasteiger partial charge in [0.1, 0.15) is 5.82 Å². The predicted octanol–water partition coefficient (Wildman–Crippen LogP) is 2.07. The second kappa shape index (κ2) is 7.15. The Balaban J connectivity index is 2.14. The number of hydrogen-bond donors (Lipinski definition) is 2. The number of nitrogens with one attached hydrogen (secondary N) is 1. The summed E-state index contributed by atoms with van der Waals surface area (Å²) in [7, 11) is 0. The Hall–Kier alpha value is -0.530. The molecular formula is C15H23BrFN3O. The van der Waals surface area contributed by atoms with Crippen molar-refractivity contribution in [3.05, 3.63) is 34.1 Å². The van der Waals surface area contributed by atoms with Crippen LogP contribution in [0, 0.1) is 5.82 Å². The van der Waals surface area contributed by atoms with Crippen LogP contribution in [-0.4, -0.2) is 42.8 Å². The van der Waals surface area contributed by atoms with Crippen molar-refractivity contribution in [2.24, 2.45) is 5.84 Å². The highest BCUT2D eigenvalue weighted by Crippen LogP contribution is 2.26. The second-order valence-corrected chi connectivity index (χ2v) is 6.77. The van der Waals surface area contributed by atoms with Crippen LogP contribution in [-0.2, 0) is 11.2 Å². The highest BCUT2D eigenvalue weighted by atomic mass is 79.9. The normalized spacial score (nSPS) is 18.7. The van der Waals surface area contributed by atoms with E-state index in [9.17, 15) is 4.39 Å². The zero-order valence-electron chi connectivity index (χ0n) is 12.5. The van der Waals surface area contributed by atoms with Crippen molar-refractivity contribution in [2.75, 3.05) is 26.3 Å². The maximum Gasteiger partial charge on any atom is 0.124 e. The van der Waals surface area contributed by atoms with E-state index >= 15 is 0 Å².